The van der Waals surface area contributed by atoms with Crippen LogP contribution in [-0.2, 0) is 24.2 Å². The van der Waals surface area contributed by atoms with E-state index in [1.165, 1.54) is 13.0 Å². The van der Waals surface area contributed by atoms with E-state index in [0.717, 1.165) is 11.0 Å². The minimum absolute atomic E-state index is 0.178. The van der Waals surface area contributed by atoms with Crippen LogP contribution in [-0.4, -0.2) is 41.4 Å². The van der Waals surface area contributed by atoms with E-state index < -0.39 is 44.0 Å². The second kappa shape index (κ2) is 7.67. The summed E-state index contributed by atoms with van der Waals surface area (Å²) >= 11 is 0. The van der Waals surface area contributed by atoms with Gasteiger partial charge in [0.15, 0.2) is 22.0 Å². The molecule has 0 radical (unpaired) electrons. The molecule has 0 aliphatic carbocycles. The monoisotopic (exact) mass is 436 g/mol. The number of carbonyl (C=O) groups excluding carboxylic acids is 2. The average molecular weight is 436 g/mol. The van der Waals surface area contributed by atoms with Crippen molar-refractivity contribution in [2.45, 2.75) is 35.6 Å². The molecule has 2 aliphatic heterocycles. The van der Waals surface area contributed by atoms with Crippen LogP contribution >= 0.6 is 0 Å². The highest BCUT2D eigenvalue weighted by molar-refractivity contribution is 7.94. The molecule has 2 aromatic rings. The molecule has 31 heavy (non-hydrogen) atoms. The molecular formula is C23H20N2O5S. The Hall–Kier alpha value is -3.44. The summed E-state index contributed by atoms with van der Waals surface area (Å²) in [6.07, 6.45) is 1.25. The van der Waals surface area contributed by atoms with Crippen LogP contribution < -0.4 is 0 Å². The fourth-order valence-electron chi connectivity index (χ4n) is 4.20. The molecule has 0 N–H and O–H groups in total. The summed E-state index contributed by atoms with van der Waals surface area (Å²) in [7, 11) is -3.93. The minimum Gasteiger partial charge on any atom is -0.451 e. The van der Waals surface area contributed by atoms with Gasteiger partial charge in [0.2, 0.25) is 5.91 Å². The zero-order chi connectivity index (χ0) is 22.2. The summed E-state index contributed by atoms with van der Waals surface area (Å²) in [4.78, 5) is 26.7. The quantitative estimate of drug-likeness (QED) is 0.405. The van der Waals surface area contributed by atoms with Gasteiger partial charge >= 0.3 is 5.97 Å². The van der Waals surface area contributed by atoms with Crippen molar-refractivity contribution in [3.05, 3.63) is 83.9 Å². The number of nitriles is 1. The van der Waals surface area contributed by atoms with E-state index in [4.69, 9.17) is 10.00 Å². The van der Waals surface area contributed by atoms with Crippen LogP contribution in [0.1, 0.15) is 30.6 Å². The van der Waals surface area contributed by atoms with E-state index >= 15 is 0 Å². The van der Waals surface area contributed by atoms with Crippen molar-refractivity contribution >= 4 is 21.7 Å². The normalized spacial score (nSPS) is 26.4. The van der Waals surface area contributed by atoms with Gasteiger partial charge in [-0.3, -0.25) is 4.79 Å². The Kier molecular flexibility index (Phi) is 5.15. The number of carbonyl (C=O) groups is 2. The van der Waals surface area contributed by atoms with Crippen molar-refractivity contribution in [2.24, 2.45) is 0 Å². The summed E-state index contributed by atoms with van der Waals surface area (Å²) in [5, 5.41) is 7.86. The maximum absolute atomic E-state index is 13.4. The number of β-lactam (4-membered cyclic amide) rings is 1. The standard InChI is InChI=1S/C23H20N2O5S/c1-23(13-8-14-24)21(25-18(26)15-19(25)31(23,28)29)22(27)30-20(16-9-4-2-5-10-16)17-11-6-3-7-12-17/h2-13,19-21H,15H2,1H3/t19-,21+,23+/m1/s1. The third-order valence-electron chi connectivity index (χ3n) is 5.89. The van der Waals surface area contributed by atoms with Crippen LogP contribution in [0.5, 0.6) is 0 Å². The van der Waals surface area contributed by atoms with Gasteiger partial charge in [0.25, 0.3) is 0 Å². The van der Waals surface area contributed by atoms with Crippen LogP contribution in [0.3, 0.4) is 0 Å². The first-order chi connectivity index (χ1) is 14.8. The summed E-state index contributed by atoms with van der Waals surface area (Å²) < 4.78 is 30.3. The van der Waals surface area contributed by atoms with Crippen LogP contribution in [0, 0.1) is 11.3 Å². The SMILES string of the molecule is C[C@]1(C=CC#N)[C@H](C(=O)OC(c2ccccc2)c2ccccc2)N2C(=O)C[C@H]2S1(=O)=O. The summed E-state index contributed by atoms with van der Waals surface area (Å²) in [6.45, 7) is 1.35. The number of hydrogen-bond acceptors (Lipinski definition) is 6. The molecule has 2 fully saturated rings. The van der Waals surface area contributed by atoms with Gasteiger partial charge in [-0.25, -0.2) is 13.2 Å². The second-order valence-corrected chi connectivity index (χ2v) is 10.2. The molecule has 2 aromatic carbocycles. The maximum atomic E-state index is 13.4. The smallest absolute Gasteiger partial charge is 0.331 e. The third-order valence-corrected chi connectivity index (χ3v) is 8.59. The van der Waals surface area contributed by atoms with Crippen LogP contribution in [0.15, 0.2) is 72.8 Å². The van der Waals surface area contributed by atoms with Gasteiger partial charge in [0.1, 0.15) is 10.1 Å². The Morgan fingerprint density at radius 2 is 1.71 bits per heavy atom. The van der Waals surface area contributed by atoms with Crippen LogP contribution in [0.4, 0.5) is 0 Å². The average Bonchev–Trinajstić information content (AvgIpc) is 2.92. The maximum Gasteiger partial charge on any atom is 0.331 e. The van der Waals surface area contributed by atoms with Gasteiger partial charge < -0.3 is 9.64 Å². The lowest BCUT2D eigenvalue weighted by molar-refractivity contribution is -0.163. The number of rotatable bonds is 5. The number of allylic oxidation sites excluding steroid dienone is 1. The molecule has 2 heterocycles. The van der Waals surface area contributed by atoms with Crippen molar-refractivity contribution in [3.8, 4) is 6.07 Å². The van der Waals surface area contributed by atoms with E-state index in [1.807, 2.05) is 60.7 Å². The fraction of sp³-hybridized carbons (Fsp3) is 0.261. The van der Waals surface area contributed by atoms with E-state index in [-0.39, 0.29) is 6.42 Å². The van der Waals surface area contributed by atoms with E-state index in [0.29, 0.717) is 11.1 Å². The van der Waals surface area contributed by atoms with E-state index in [9.17, 15) is 18.0 Å². The second-order valence-electron chi connectivity index (χ2n) is 7.69. The number of amides is 1. The molecule has 158 valence electrons. The molecule has 0 unspecified atom stereocenters. The first-order valence-electron chi connectivity index (χ1n) is 9.73. The molecule has 4 rings (SSSR count). The Morgan fingerprint density at radius 3 is 2.19 bits per heavy atom. The Labute approximate surface area is 180 Å². The molecule has 2 aliphatic rings. The van der Waals surface area contributed by atoms with Gasteiger partial charge in [-0.1, -0.05) is 66.7 Å². The summed E-state index contributed by atoms with van der Waals surface area (Å²) in [5.41, 5.74) is 1.42. The number of hydrogen-bond donors (Lipinski definition) is 0. The summed E-state index contributed by atoms with van der Waals surface area (Å²) in [5.74, 6) is -1.26. The molecule has 1 amide bonds. The first kappa shape index (κ1) is 20.8. The molecule has 2 saturated heterocycles. The van der Waals surface area contributed by atoms with E-state index in [1.54, 1.807) is 6.07 Å². The largest absolute Gasteiger partial charge is 0.451 e. The fourth-order valence-corrected chi connectivity index (χ4v) is 6.46. The molecule has 7 nitrogen and oxygen atoms in total. The van der Waals surface area contributed by atoms with Gasteiger partial charge in [-0.2, -0.15) is 5.26 Å². The molecule has 0 bridgehead atoms. The molecule has 0 saturated carbocycles. The van der Waals surface area contributed by atoms with Gasteiger partial charge in [-0.05, 0) is 18.1 Å². The van der Waals surface area contributed by atoms with Crippen molar-refractivity contribution in [2.75, 3.05) is 0 Å². The highest BCUT2D eigenvalue weighted by Crippen LogP contribution is 2.47. The highest BCUT2D eigenvalue weighted by atomic mass is 32.2. The lowest BCUT2D eigenvalue weighted by atomic mass is 9.95. The Bertz CT molecular complexity index is 1150. The van der Waals surface area contributed by atoms with Crippen molar-refractivity contribution in [3.63, 3.8) is 0 Å². The van der Waals surface area contributed by atoms with Crippen molar-refractivity contribution in [1.82, 2.24) is 4.90 Å². The first-order valence-corrected chi connectivity index (χ1v) is 11.3. The number of nitrogens with zero attached hydrogens (tertiary/aromatic N) is 2. The molecule has 0 spiro atoms. The lowest BCUT2D eigenvalue weighted by Gasteiger charge is -2.36. The Balaban J connectivity index is 1.75. The van der Waals surface area contributed by atoms with E-state index in [2.05, 4.69) is 0 Å². The number of fused-ring (bicyclic) bond motifs is 1. The summed E-state index contributed by atoms with van der Waals surface area (Å²) in [6, 6.07) is 18.6. The molecule has 8 heteroatoms. The zero-order valence-electron chi connectivity index (χ0n) is 16.7. The number of ether oxygens (including phenoxy) is 1. The van der Waals surface area contributed by atoms with Gasteiger partial charge in [0, 0.05) is 6.08 Å². The van der Waals surface area contributed by atoms with Crippen molar-refractivity contribution < 1.29 is 22.7 Å². The van der Waals surface area contributed by atoms with Crippen LogP contribution in [0.2, 0.25) is 0 Å². The molecule has 3 atom stereocenters. The van der Waals surface area contributed by atoms with Gasteiger partial charge in [0.05, 0.1) is 12.5 Å². The van der Waals surface area contributed by atoms with Gasteiger partial charge in [-0.15, -0.1) is 0 Å². The predicted octanol–water partition coefficient (Wildman–Crippen LogP) is 2.51. The topological polar surface area (TPSA) is 105 Å². The van der Waals surface area contributed by atoms with Crippen molar-refractivity contribution in [1.29, 1.82) is 5.26 Å². The number of benzene rings is 2. The Morgan fingerprint density at radius 1 is 1.16 bits per heavy atom. The molecule has 0 aromatic heterocycles. The van der Waals surface area contributed by atoms with Crippen LogP contribution in [0.25, 0.3) is 0 Å². The highest BCUT2D eigenvalue weighted by Gasteiger charge is 2.69. The molecular weight excluding hydrogens is 416 g/mol. The number of sulfone groups is 1. The lowest BCUT2D eigenvalue weighted by Crippen LogP contribution is -2.57. The predicted molar refractivity (Wildman–Crippen MR) is 112 cm³/mol. The third kappa shape index (κ3) is 3.22. The minimum atomic E-state index is -3.93. The zero-order valence-corrected chi connectivity index (χ0v) is 17.5. The number of esters is 1.